The van der Waals surface area contributed by atoms with Crippen molar-refractivity contribution in [3.8, 4) is 0 Å². The average molecular weight is 481 g/mol. The number of fused-ring (bicyclic) bond motifs is 1. The predicted octanol–water partition coefficient (Wildman–Crippen LogP) is 4.22. The maximum atomic E-state index is 13.2. The summed E-state index contributed by atoms with van der Waals surface area (Å²) in [5, 5.41) is 6.98. The largest absolute Gasteiger partial charge is 0.339 e. The summed E-state index contributed by atoms with van der Waals surface area (Å²) in [5.74, 6) is -2.78. The summed E-state index contributed by atoms with van der Waals surface area (Å²) in [5.41, 5.74) is 4.20. The maximum Gasteiger partial charge on any atom is 0.288 e. The number of aromatic nitrogens is 3. The molecule has 0 saturated carbocycles. The number of amides is 1. The number of hydrogen-bond acceptors (Lipinski definition) is 7. The van der Waals surface area contributed by atoms with Gasteiger partial charge in [0.05, 0.1) is 6.21 Å². The molecule has 0 spiro atoms. The molecule has 172 valence electrons. The van der Waals surface area contributed by atoms with E-state index < -0.39 is 17.2 Å². The Bertz CT molecular complexity index is 1410. The molecule has 0 aliphatic carbocycles. The lowest BCUT2D eigenvalue weighted by molar-refractivity contribution is 0.0955. The first-order valence-corrected chi connectivity index (χ1v) is 10.9. The SMILES string of the molecule is Cc1cccn2c(=O)c(C=NNC(=O)c3ccncc3)c(Nc3ccc(SC(F)F)cc3)nc12. The van der Waals surface area contributed by atoms with Gasteiger partial charge in [-0.3, -0.25) is 19.0 Å². The van der Waals surface area contributed by atoms with Gasteiger partial charge in [0.15, 0.2) is 0 Å². The van der Waals surface area contributed by atoms with Crippen molar-refractivity contribution in [1.29, 1.82) is 0 Å². The summed E-state index contributed by atoms with van der Waals surface area (Å²) in [4.78, 5) is 34.3. The fraction of sp³-hybridized carbons (Fsp3) is 0.0870. The second-order valence-corrected chi connectivity index (χ2v) is 8.09. The number of pyridine rings is 2. The van der Waals surface area contributed by atoms with Crippen LogP contribution in [-0.4, -0.2) is 32.2 Å². The molecule has 0 fully saturated rings. The van der Waals surface area contributed by atoms with Gasteiger partial charge in [0.1, 0.15) is 17.0 Å². The normalized spacial score (nSPS) is 11.3. The van der Waals surface area contributed by atoms with Crippen LogP contribution in [0.5, 0.6) is 0 Å². The Kier molecular flexibility index (Phi) is 6.93. The Hall–Kier alpha value is -4.12. The van der Waals surface area contributed by atoms with Gasteiger partial charge in [-0.2, -0.15) is 13.9 Å². The number of halogens is 2. The monoisotopic (exact) mass is 480 g/mol. The van der Waals surface area contributed by atoms with Gasteiger partial charge in [-0.1, -0.05) is 17.8 Å². The number of thioether (sulfide) groups is 1. The van der Waals surface area contributed by atoms with Crippen molar-refractivity contribution in [2.45, 2.75) is 17.6 Å². The van der Waals surface area contributed by atoms with Gasteiger partial charge in [-0.25, -0.2) is 10.4 Å². The van der Waals surface area contributed by atoms with Crippen LogP contribution in [0.25, 0.3) is 5.65 Å². The van der Waals surface area contributed by atoms with E-state index in [1.807, 2.05) is 13.0 Å². The lowest BCUT2D eigenvalue weighted by Gasteiger charge is -2.12. The van der Waals surface area contributed by atoms with Crippen molar-refractivity contribution >= 4 is 41.0 Å². The molecule has 4 aromatic rings. The van der Waals surface area contributed by atoms with Gasteiger partial charge >= 0.3 is 0 Å². The lowest BCUT2D eigenvalue weighted by atomic mass is 10.2. The molecule has 0 atom stereocenters. The van der Waals surface area contributed by atoms with Crippen LogP contribution in [0.4, 0.5) is 20.3 Å². The molecular formula is C23H18F2N6O2S. The highest BCUT2D eigenvalue weighted by atomic mass is 32.2. The topological polar surface area (TPSA) is 101 Å². The highest BCUT2D eigenvalue weighted by molar-refractivity contribution is 7.99. The molecule has 8 nitrogen and oxygen atoms in total. The molecule has 4 rings (SSSR count). The van der Waals surface area contributed by atoms with Gasteiger partial charge < -0.3 is 5.32 Å². The van der Waals surface area contributed by atoms with Gasteiger partial charge in [0, 0.05) is 34.7 Å². The summed E-state index contributed by atoms with van der Waals surface area (Å²) in [6.45, 7) is 1.82. The number of hydrazone groups is 1. The van der Waals surface area contributed by atoms with Crippen LogP contribution in [-0.2, 0) is 0 Å². The molecule has 2 N–H and O–H groups in total. The van der Waals surface area contributed by atoms with E-state index in [1.54, 1.807) is 36.5 Å². The number of nitrogens with one attached hydrogen (secondary N) is 2. The number of carbonyl (C=O) groups excluding carboxylic acids is 1. The van der Waals surface area contributed by atoms with E-state index in [9.17, 15) is 18.4 Å². The van der Waals surface area contributed by atoms with Gasteiger partial charge in [0.25, 0.3) is 17.2 Å². The van der Waals surface area contributed by atoms with Crippen molar-refractivity contribution in [2.75, 3.05) is 5.32 Å². The van der Waals surface area contributed by atoms with Gasteiger partial charge in [0.2, 0.25) is 0 Å². The lowest BCUT2D eigenvalue weighted by Crippen LogP contribution is -2.24. The molecule has 1 amide bonds. The first-order chi connectivity index (χ1) is 16.4. The number of rotatable bonds is 7. The summed E-state index contributed by atoms with van der Waals surface area (Å²) < 4.78 is 26.6. The van der Waals surface area contributed by atoms with Gasteiger partial charge in [-0.15, -0.1) is 0 Å². The molecule has 11 heteroatoms. The number of alkyl halides is 2. The van der Waals surface area contributed by atoms with E-state index in [1.165, 1.54) is 35.1 Å². The van der Waals surface area contributed by atoms with E-state index in [-0.39, 0.29) is 11.4 Å². The minimum absolute atomic E-state index is 0.101. The van der Waals surface area contributed by atoms with Crippen LogP contribution in [0.1, 0.15) is 21.5 Å². The molecule has 1 aromatic carbocycles. The number of hydrogen-bond donors (Lipinski definition) is 2. The molecule has 0 aliphatic rings. The third-order valence-electron chi connectivity index (χ3n) is 4.73. The number of benzene rings is 1. The standard InChI is InChI=1S/C23H18F2N6O2S/c1-14-3-2-12-31-20(14)29-19(28-16-4-6-17(7-5-16)34-23(24)25)18(22(31)33)13-27-30-21(32)15-8-10-26-11-9-15/h2-13,23,28H,1H3,(H,30,32). The minimum Gasteiger partial charge on any atom is -0.339 e. The van der Waals surface area contributed by atoms with E-state index in [4.69, 9.17) is 0 Å². The van der Waals surface area contributed by atoms with Gasteiger partial charge in [-0.05, 0) is 55.0 Å². The summed E-state index contributed by atoms with van der Waals surface area (Å²) >= 11 is 0.439. The molecule has 0 aliphatic heterocycles. The predicted molar refractivity (Wildman–Crippen MR) is 127 cm³/mol. The second-order valence-electron chi connectivity index (χ2n) is 7.03. The Morgan fingerprint density at radius 3 is 2.59 bits per heavy atom. The zero-order valence-corrected chi connectivity index (χ0v) is 18.6. The molecule has 34 heavy (non-hydrogen) atoms. The number of aryl methyl sites for hydroxylation is 1. The molecule has 0 unspecified atom stereocenters. The summed E-state index contributed by atoms with van der Waals surface area (Å²) in [6.07, 6.45) is 5.76. The van der Waals surface area contributed by atoms with E-state index >= 15 is 0 Å². The van der Waals surface area contributed by atoms with Crippen LogP contribution in [0.15, 0.2) is 81.9 Å². The van der Waals surface area contributed by atoms with Crippen molar-refractivity contribution in [2.24, 2.45) is 5.10 Å². The van der Waals surface area contributed by atoms with Crippen LogP contribution in [0.2, 0.25) is 0 Å². The highest BCUT2D eigenvalue weighted by Gasteiger charge is 2.14. The number of anilines is 2. The van der Waals surface area contributed by atoms with E-state index in [2.05, 4.69) is 25.8 Å². The zero-order valence-electron chi connectivity index (χ0n) is 17.8. The Balaban J connectivity index is 1.68. The quantitative estimate of drug-likeness (QED) is 0.233. The average Bonchev–Trinajstić information content (AvgIpc) is 2.83. The van der Waals surface area contributed by atoms with Crippen molar-refractivity contribution in [3.63, 3.8) is 0 Å². The fourth-order valence-electron chi connectivity index (χ4n) is 3.10. The third kappa shape index (κ3) is 5.26. The molecule has 0 bridgehead atoms. The van der Waals surface area contributed by atoms with Crippen molar-refractivity contribution in [1.82, 2.24) is 19.8 Å². The van der Waals surface area contributed by atoms with Crippen molar-refractivity contribution < 1.29 is 13.6 Å². The molecule has 3 heterocycles. The zero-order chi connectivity index (χ0) is 24.1. The summed E-state index contributed by atoms with van der Waals surface area (Å²) in [6, 6.07) is 12.9. The number of nitrogens with zero attached hydrogens (tertiary/aromatic N) is 4. The first kappa shape index (κ1) is 23.1. The van der Waals surface area contributed by atoms with Crippen LogP contribution < -0.4 is 16.3 Å². The molecule has 3 aromatic heterocycles. The minimum atomic E-state index is -2.52. The molecule has 0 saturated heterocycles. The Morgan fingerprint density at radius 1 is 1.15 bits per heavy atom. The summed E-state index contributed by atoms with van der Waals surface area (Å²) in [7, 11) is 0. The second kappa shape index (κ2) is 10.2. The number of carbonyl (C=O) groups is 1. The van der Waals surface area contributed by atoms with Crippen LogP contribution >= 0.6 is 11.8 Å². The molecule has 0 radical (unpaired) electrons. The third-order valence-corrected chi connectivity index (χ3v) is 5.45. The van der Waals surface area contributed by atoms with Crippen LogP contribution in [0, 0.1) is 6.92 Å². The van der Waals surface area contributed by atoms with E-state index in [0.29, 0.717) is 33.6 Å². The Morgan fingerprint density at radius 2 is 1.88 bits per heavy atom. The van der Waals surface area contributed by atoms with E-state index in [0.717, 1.165) is 5.56 Å². The molecular weight excluding hydrogens is 462 g/mol. The van der Waals surface area contributed by atoms with Crippen molar-refractivity contribution in [3.05, 3.63) is 94.2 Å². The first-order valence-electron chi connectivity index (χ1n) is 9.99. The fourth-order valence-corrected chi connectivity index (χ4v) is 3.60. The van der Waals surface area contributed by atoms with Crippen LogP contribution in [0.3, 0.4) is 0 Å². The maximum absolute atomic E-state index is 13.2. The smallest absolute Gasteiger partial charge is 0.288 e. The Labute approximate surface area is 196 Å². The highest BCUT2D eigenvalue weighted by Crippen LogP contribution is 2.27.